The van der Waals surface area contributed by atoms with Crippen molar-refractivity contribution in [2.75, 3.05) is 7.18 Å². The maximum atomic E-state index is 13.2. The van der Waals surface area contributed by atoms with Gasteiger partial charge in [0.05, 0.1) is 7.18 Å². The molecule has 2 aromatic carbocycles. The molecule has 102 valence electrons. The van der Waals surface area contributed by atoms with Crippen LogP contribution in [0.4, 0.5) is 8.78 Å². The second-order valence-corrected chi connectivity index (χ2v) is 3.27. The van der Waals surface area contributed by atoms with Gasteiger partial charge in [0, 0.05) is 5.56 Å². The molecule has 19 heavy (non-hydrogen) atoms. The van der Waals surface area contributed by atoms with Gasteiger partial charge in [-0.25, -0.2) is 4.39 Å². The third-order valence-electron chi connectivity index (χ3n) is 2.16. The number of hydrogen-bond donors (Lipinski definition) is 0. The van der Waals surface area contributed by atoms with Crippen LogP contribution >= 0.6 is 0 Å². The maximum absolute atomic E-state index is 13.2. The van der Waals surface area contributed by atoms with Gasteiger partial charge in [0.1, 0.15) is 5.82 Å². The molecule has 2 rings (SSSR count). The van der Waals surface area contributed by atoms with Crippen LogP contribution in [0.2, 0.25) is 0 Å². The van der Waals surface area contributed by atoms with Crippen LogP contribution in [0.3, 0.4) is 0 Å². The fraction of sp³-hybridized carbons (Fsp3) is 0.176. The van der Waals surface area contributed by atoms with Crippen molar-refractivity contribution in [1.29, 1.82) is 0 Å². The largest absolute Gasteiger partial charge is 0.255 e. The van der Waals surface area contributed by atoms with Gasteiger partial charge in [-0.15, -0.1) is 0 Å². The van der Waals surface area contributed by atoms with Gasteiger partial charge in [-0.2, -0.15) is 0 Å². The molecule has 0 saturated heterocycles. The first-order valence-corrected chi connectivity index (χ1v) is 6.22. The highest BCUT2D eigenvalue weighted by Gasteiger charge is 1.94. The van der Waals surface area contributed by atoms with E-state index in [9.17, 15) is 8.78 Å². The summed E-state index contributed by atoms with van der Waals surface area (Å²) in [4.78, 5) is 0. The minimum absolute atomic E-state index is 0.190. The Balaban J connectivity index is 0.000000741. The van der Waals surface area contributed by atoms with Gasteiger partial charge in [-0.05, 0) is 11.6 Å². The second-order valence-electron chi connectivity index (χ2n) is 3.27. The predicted molar refractivity (Wildman–Crippen MR) is 80.2 cm³/mol. The van der Waals surface area contributed by atoms with E-state index in [2.05, 4.69) is 0 Å². The molecule has 0 aliphatic rings. The van der Waals surface area contributed by atoms with Gasteiger partial charge in [-0.1, -0.05) is 74.5 Å². The number of alkyl halides is 1. The number of hydrogen-bond acceptors (Lipinski definition) is 0. The topological polar surface area (TPSA) is 0 Å². The summed E-state index contributed by atoms with van der Waals surface area (Å²) in [5, 5.41) is 0. The summed E-state index contributed by atoms with van der Waals surface area (Å²) in [5.74, 6) is -0.190. The third-order valence-corrected chi connectivity index (χ3v) is 2.16. The molecule has 0 radical (unpaired) electrons. The highest BCUT2D eigenvalue weighted by Crippen LogP contribution is 2.11. The Bertz CT molecular complexity index is 462. The van der Waals surface area contributed by atoms with E-state index in [-0.39, 0.29) is 5.82 Å². The van der Waals surface area contributed by atoms with Crippen molar-refractivity contribution in [1.82, 2.24) is 0 Å². The molecule has 0 saturated carbocycles. The van der Waals surface area contributed by atoms with Crippen molar-refractivity contribution in [2.45, 2.75) is 13.8 Å². The summed E-state index contributed by atoms with van der Waals surface area (Å²) < 4.78 is 22.7. The van der Waals surface area contributed by atoms with Crippen molar-refractivity contribution in [3.05, 3.63) is 71.5 Å². The lowest BCUT2D eigenvalue weighted by molar-refractivity contribution is 0.625. The summed E-state index contributed by atoms with van der Waals surface area (Å²) in [6.07, 6.45) is 3.68. The van der Waals surface area contributed by atoms with Crippen molar-refractivity contribution in [3.8, 4) is 0 Å². The van der Waals surface area contributed by atoms with Crippen LogP contribution in [-0.4, -0.2) is 7.18 Å². The second kappa shape index (κ2) is 11.1. The molecule has 0 nitrogen and oxygen atoms in total. The molecule has 2 aromatic rings. The highest BCUT2D eigenvalue weighted by atomic mass is 19.1. The number of benzene rings is 2. The minimum atomic E-state index is -0.190. The Morgan fingerprint density at radius 3 is 1.84 bits per heavy atom. The first kappa shape index (κ1) is 17.0. The monoisotopic (exact) mass is 262 g/mol. The van der Waals surface area contributed by atoms with Crippen LogP contribution in [0.5, 0.6) is 0 Å². The van der Waals surface area contributed by atoms with Crippen LogP contribution in [0.15, 0.2) is 54.6 Å². The van der Waals surface area contributed by atoms with E-state index < -0.39 is 0 Å². The lowest BCUT2D eigenvalue weighted by Gasteiger charge is -1.95. The molecule has 0 fully saturated rings. The number of halogens is 2. The van der Waals surface area contributed by atoms with E-state index in [0.29, 0.717) is 12.7 Å². The van der Waals surface area contributed by atoms with Gasteiger partial charge in [-0.3, -0.25) is 4.39 Å². The summed E-state index contributed by atoms with van der Waals surface area (Å²) in [6, 6.07) is 16.6. The zero-order valence-corrected chi connectivity index (χ0v) is 11.6. The van der Waals surface area contributed by atoms with Gasteiger partial charge >= 0.3 is 0 Å². The molecule has 0 aliphatic carbocycles. The Hall–Kier alpha value is -1.96. The van der Waals surface area contributed by atoms with Crippen LogP contribution in [0.25, 0.3) is 12.2 Å². The molecule has 0 aromatic heterocycles. The Labute approximate surface area is 114 Å². The molecule has 0 unspecified atom stereocenters. The lowest BCUT2D eigenvalue weighted by Crippen LogP contribution is -1.79. The normalized spacial score (nSPS) is 9.11. The van der Waals surface area contributed by atoms with Gasteiger partial charge < -0.3 is 0 Å². The van der Waals surface area contributed by atoms with Crippen LogP contribution < -0.4 is 0 Å². The molecular weight excluding hydrogens is 242 g/mol. The van der Waals surface area contributed by atoms with E-state index >= 15 is 0 Å². The molecule has 0 heterocycles. The first-order chi connectivity index (χ1) is 9.36. The molecule has 0 atom stereocenters. The quantitative estimate of drug-likeness (QED) is 0.617. The SMILES string of the molecule is CC.CF.Fc1ccccc1/C=C/c1ccccc1. The molecule has 0 amide bonds. The van der Waals surface area contributed by atoms with E-state index in [1.165, 1.54) is 6.07 Å². The van der Waals surface area contributed by atoms with Crippen LogP contribution in [0.1, 0.15) is 25.0 Å². The van der Waals surface area contributed by atoms with E-state index in [0.717, 1.165) is 5.56 Å². The molecule has 0 spiro atoms. The van der Waals surface area contributed by atoms with Gasteiger partial charge in [0.15, 0.2) is 0 Å². The summed E-state index contributed by atoms with van der Waals surface area (Å²) in [6.45, 7) is 4.00. The minimum Gasteiger partial charge on any atom is -0.255 e. The maximum Gasteiger partial charge on any atom is 0.130 e. The zero-order valence-electron chi connectivity index (χ0n) is 11.6. The summed E-state index contributed by atoms with van der Waals surface area (Å²) >= 11 is 0. The molecule has 0 bridgehead atoms. The van der Waals surface area contributed by atoms with Crippen LogP contribution in [0, 0.1) is 5.82 Å². The van der Waals surface area contributed by atoms with Gasteiger partial charge in [0.2, 0.25) is 0 Å². The van der Waals surface area contributed by atoms with Crippen molar-refractivity contribution < 1.29 is 8.78 Å². The van der Waals surface area contributed by atoms with Crippen molar-refractivity contribution >= 4 is 12.2 Å². The highest BCUT2D eigenvalue weighted by molar-refractivity contribution is 5.69. The van der Waals surface area contributed by atoms with Crippen LogP contribution in [-0.2, 0) is 0 Å². The van der Waals surface area contributed by atoms with Gasteiger partial charge in [0.25, 0.3) is 0 Å². The summed E-state index contributed by atoms with van der Waals surface area (Å²) in [7, 11) is 0.500. The zero-order chi connectivity index (χ0) is 14.5. The van der Waals surface area contributed by atoms with Crippen molar-refractivity contribution in [3.63, 3.8) is 0 Å². The Morgan fingerprint density at radius 1 is 0.737 bits per heavy atom. The predicted octanol–water partition coefficient (Wildman–Crippen LogP) is 5.61. The molecular formula is C17H20F2. The molecule has 0 aliphatic heterocycles. The average molecular weight is 262 g/mol. The first-order valence-electron chi connectivity index (χ1n) is 6.22. The standard InChI is InChI=1S/C14H11F.C2H6.CH3F/c15-14-9-5-4-8-13(14)11-10-12-6-2-1-3-7-12;2*1-2/h1-11H;1-2H3;1H3/b11-10+;;. The average Bonchev–Trinajstić information content (AvgIpc) is 2.52. The lowest BCUT2D eigenvalue weighted by atomic mass is 10.1. The summed E-state index contributed by atoms with van der Waals surface area (Å²) in [5.41, 5.74) is 1.68. The Morgan fingerprint density at radius 2 is 1.26 bits per heavy atom. The van der Waals surface area contributed by atoms with E-state index in [1.54, 1.807) is 18.2 Å². The van der Waals surface area contributed by atoms with E-state index in [1.807, 2.05) is 56.3 Å². The third kappa shape index (κ3) is 6.51. The Kier molecular flexibility index (Phi) is 10.00. The van der Waals surface area contributed by atoms with Crippen molar-refractivity contribution in [2.24, 2.45) is 0 Å². The fourth-order valence-electron chi connectivity index (χ4n) is 1.36. The number of rotatable bonds is 2. The fourth-order valence-corrected chi connectivity index (χ4v) is 1.36. The molecule has 0 N–H and O–H groups in total. The smallest absolute Gasteiger partial charge is 0.130 e. The van der Waals surface area contributed by atoms with E-state index in [4.69, 9.17) is 0 Å². The molecule has 2 heteroatoms.